The molecule has 0 saturated carbocycles. The van der Waals surface area contributed by atoms with Crippen LogP contribution in [0.5, 0.6) is 0 Å². The van der Waals surface area contributed by atoms with Gasteiger partial charge in [-0.15, -0.1) is 0 Å². The predicted octanol–water partition coefficient (Wildman–Crippen LogP) is 9.29. The van der Waals surface area contributed by atoms with Crippen molar-refractivity contribution < 1.29 is 0 Å². The Morgan fingerprint density at radius 1 is 0.867 bits per heavy atom. The van der Waals surface area contributed by atoms with E-state index in [0.29, 0.717) is 5.92 Å². The van der Waals surface area contributed by atoms with Gasteiger partial charge >= 0.3 is 0 Å². The topological polar surface area (TPSA) is 0 Å². The molecule has 30 heavy (non-hydrogen) atoms. The highest BCUT2D eigenvalue weighted by atomic mass is 14.4. The maximum atomic E-state index is 2.61. The van der Waals surface area contributed by atoms with Crippen LogP contribution in [0.1, 0.15) is 92.9 Å². The predicted molar refractivity (Wildman–Crippen MR) is 133 cm³/mol. The zero-order valence-electron chi connectivity index (χ0n) is 20.4. The summed E-state index contributed by atoms with van der Waals surface area (Å²) in [5, 5.41) is 0. The lowest BCUT2D eigenvalue weighted by molar-refractivity contribution is 0.309. The van der Waals surface area contributed by atoms with Gasteiger partial charge in [0.2, 0.25) is 0 Å². The van der Waals surface area contributed by atoms with Crippen LogP contribution < -0.4 is 0 Å². The van der Waals surface area contributed by atoms with Gasteiger partial charge in [0.25, 0.3) is 0 Å². The zero-order valence-corrected chi connectivity index (χ0v) is 20.4. The van der Waals surface area contributed by atoms with Crippen LogP contribution in [0.25, 0.3) is 0 Å². The van der Waals surface area contributed by atoms with Crippen molar-refractivity contribution in [3.8, 4) is 0 Å². The van der Waals surface area contributed by atoms with Crippen molar-refractivity contribution in [3.05, 3.63) is 70.4 Å². The summed E-state index contributed by atoms with van der Waals surface area (Å²) < 4.78 is 0. The molecule has 0 bridgehead atoms. The molecule has 3 aliphatic carbocycles. The minimum Gasteiger partial charge on any atom is -0.0850 e. The second kappa shape index (κ2) is 10.2. The first-order valence-electron chi connectivity index (χ1n) is 12.3. The van der Waals surface area contributed by atoms with Crippen LogP contribution in [-0.4, -0.2) is 0 Å². The molecule has 0 unspecified atom stereocenters. The normalized spacial score (nSPS) is 33.9. The Balaban J connectivity index is 1.73. The molecular weight excluding hydrogens is 360 g/mol. The molecule has 0 amide bonds. The van der Waals surface area contributed by atoms with E-state index in [-0.39, 0.29) is 5.41 Å². The first-order valence-corrected chi connectivity index (χ1v) is 12.3. The van der Waals surface area contributed by atoms with Crippen molar-refractivity contribution in [3.63, 3.8) is 0 Å². The molecule has 4 atom stereocenters. The Bertz CT molecular complexity index is 794. The number of hydrogen-bond acceptors (Lipinski definition) is 0. The van der Waals surface area contributed by atoms with Crippen LogP contribution in [0.2, 0.25) is 0 Å². The lowest BCUT2D eigenvalue weighted by Crippen LogP contribution is -2.26. The Hall–Kier alpha value is -1.56. The Labute approximate surface area is 186 Å². The fraction of sp³-hybridized carbons (Fsp3) is 0.600. The van der Waals surface area contributed by atoms with Gasteiger partial charge in [0.1, 0.15) is 0 Å². The second-order valence-corrected chi connectivity index (χ2v) is 10.8. The van der Waals surface area contributed by atoms with E-state index in [1.165, 1.54) is 51.4 Å². The lowest BCUT2D eigenvalue weighted by atomic mass is 9.67. The molecule has 3 aliphatic rings. The summed E-state index contributed by atoms with van der Waals surface area (Å²) in [5.74, 6) is 1.99. The van der Waals surface area contributed by atoms with Crippen LogP contribution in [0, 0.1) is 23.2 Å². The van der Waals surface area contributed by atoms with Gasteiger partial charge in [-0.2, -0.15) is 0 Å². The summed E-state index contributed by atoms with van der Waals surface area (Å²) in [6.45, 7) is 14.1. The first kappa shape index (κ1) is 23.1. The monoisotopic (exact) mass is 404 g/mol. The van der Waals surface area contributed by atoms with Gasteiger partial charge in [0.05, 0.1) is 0 Å². The van der Waals surface area contributed by atoms with Gasteiger partial charge in [-0.25, -0.2) is 0 Å². The van der Waals surface area contributed by atoms with Crippen LogP contribution in [0.15, 0.2) is 70.4 Å². The highest BCUT2D eigenvalue weighted by Gasteiger charge is 2.32. The molecule has 0 spiro atoms. The van der Waals surface area contributed by atoms with Crippen molar-refractivity contribution in [2.75, 3.05) is 0 Å². The van der Waals surface area contributed by atoms with E-state index in [9.17, 15) is 0 Å². The Morgan fingerprint density at radius 3 is 2.03 bits per heavy atom. The Kier molecular flexibility index (Phi) is 7.83. The van der Waals surface area contributed by atoms with Crippen molar-refractivity contribution in [1.29, 1.82) is 0 Å². The van der Waals surface area contributed by atoms with E-state index in [2.05, 4.69) is 84.1 Å². The molecule has 3 rings (SSSR count). The SMILES string of the molecule is CC1=CC[C@H](/C(C)=C/C=C/[C@@]2(C)CCC(C)=C[C@H]2/C=C(\C)[C@H]2CC=C(C)CC2)CC1. The van der Waals surface area contributed by atoms with Crippen LogP contribution in [0.3, 0.4) is 0 Å². The molecule has 0 aromatic heterocycles. The van der Waals surface area contributed by atoms with E-state index >= 15 is 0 Å². The average molecular weight is 405 g/mol. The van der Waals surface area contributed by atoms with Gasteiger partial charge in [-0.3, -0.25) is 0 Å². The van der Waals surface area contributed by atoms with Crippen molar-refractivity contribution >= 4 is 0 Å². The third-order valence-corrected chi connectivity index (χ3v) is 8.13. The van der Waals surface area contributed by atoms with Gasteiger partial charge < -0.3 is 0 Å². The maximum absolute atomic E-state index is 2.61. The standard InChI is InChI=1S/C30H44/c1-22-9-13-27(14-10-22)25(4)8-7-18-30(6)19-17-24(3)20-29(30)21-26(5)28-15-11-23(2)12-16-28/h7-9,11,18,20-21,27-29H,10,12-17,19H2,1-6H3/b18-7+,25-8+,26-21+/t27-,28-,29-,30-/m0/s1. The van der Waals surface area contributed by atoms with E-state index in [4.69, 9.17) is 0 Å². The summed E-state index contributed by atoms with van der Waals surface area (Å²) in [6, 6.07) is 0. The zero-order chi connectivity index (χ0) is 21.7. The summed E-state index contributed by atoms with van der Waals surface area (Å²) in [5.41, 5.74) is 8.08. The molecule has 0 radical (unpaired) electrons. The van der Waals surface area contributed by atoms with Crippen LogP contribution >= 0.6 is 0 Å². The Morgan fingerprint density at radius 2 is 1.47 bits per heavy atom. The van der Waals surface area contributed by atoms with Crippen molar-refractivity contribution in [1.82, 2.24) is 0 Å². The highest BCUT2D eigenvalue weighted by Crippen LogP contribution is 2.43. The molecule has 0 aliphatic heterocycles. The van der Waals surface area contributed by atoms with Crippen LogP contribution in [0.4, 0.5) is 0 Å². The van der Waals surface area contributed by atoms with E-state index in [1.807, 2.05) is 0 Å². The summed E-state index contributed by atoms with van der Waals surface area (Å²) >= 11 is 0. The van der Waals surface area contributed by atoms with Gasteiger partial charge in [-0.1, -0.05) is 77.3 Å². The fourth-order valence-corrected chi connectivity index (χ4v) is 5.38. The second-order valence-electron chi connectivity index (χ2n) is 10.8. The van der Waals surface area contributed by atoms with Crippen molar-refractivity contribution in [2.45, 2.75) is 92.9 Å². The molecule has 0 heteroatoms. The molecule has 0 saturated heterocycles. The van der Waals surface area contributed by atoms with Gasteiger partial charge in [-0.05, 0) is 103 Å². The highest BCUT2D eigenvalue weighted by molar-refractivity contribution is 5.27. The molecule has 0 N–H and O–H groups in total. The number of hydrogen-bond donors (Lipinski definition) is 0. The van der Waals surface area contributed by atoms with E-state index < -0.39 is 0 Å². The lowest BCUT2D eigenvalue weighted by Gasteiger charge is -2.37. The van der Waals surface area contributed by atoms with Crippen molar-refractivity contribution in [2.24, 2.45) is 23.2 Å². The maximum Gasteiger partial charge on any atom is 0.00404 e. The molecule has 0 fully saturated rings. The van der Waals surface area contributed by atoms with Crippen LogP contribution in [-0.2, 0) is 0 Å². The largest absolute Gasteiger partial charge is 0.0850 e. The van der Waals surface area contributed by atoms with Gasteiger partial charge in [0.15, 0.2) is 0 Å². The summed E-state index contributed by atoms with van der Waals surface area (Å²) in [6.07, 6.45) is 27.5. The minimum absolute atomic E-state index is 0.223. The number of rotatable bonds is 5. The summed E-state index contributed by atoms with van der Waals surface area (Å²) in [4.78, 5) is 0. The smallest absolute Gasteiger partial charge is 0.00404 e. The molecule has 0 nitrogen and oxygen atoms in total. The third-order valence-electron chi connectivity index (χ3n) is 8.13. The summed E-state index contributed by atoms with van der Waals surface area (Å²) in [7, 11) is 0. The molecule has 0 heterocycles. The average Bonchev–Trinajstić information content (AvgIpc) is 2.72. The molecule has 0 aromatic carbocycles. The molecule has 164 valence electrons. The fourth-order valence-electron chi connectivity index (χ4n) is 5.38. The van der Waals surface area contributed by atoms with Gasteiger partial charge in [0, 0.05) is 5.92 Å². The third kappa shape index (κ3) is 5.99. The first-order chi connectivity index (χ1) is 14.3. The molecular formula is C30H44. The molecule has 0 aromatic rings. The quantitative estimate of drug-likeness (QED) is 0.316. The number of allylic oxidation sites excluding steroid dienone is 12. The van der Waals surface area contributed by atoms with E-state index in [1.54, 1.807) is 27.9 Å². The van der Waals surface area contributed by atoms with E-state index in [0.717, 1.165) is 11.8 Å². The minimum atomic E-state index is 0.223.